The maximum atomic E-state index is 5.91. The Morgan fingerprint density at radius 2 is 1.73 bits per heavy atom. The van der Waals surface area contributed by atoms with Crippen molar-refractivity contribution < 1.29 is 9.15 Å². The molecule has 1 atom stereocenters. The van der Waals surface area contributed by atoms with Crippen LogP contribution in [0.3, 0.4) is 0 Å². The van der Waals surface area contributed by atoms with Gasteiger partial charge in [0, 0.05) is 18.0 Å². The van der Waals surface area contributed by atoms with Crippen LogP contribution in [0.4, 0.5) is 0 Å². The summed E-state index contributed by atoms with van der Waals surface area (Å²) in [7, 11) is 1.70. The third-order valence-electron chi connectivity index (χ3n) is 6.62. The summed E-state index contributed by atoms with van der Waals surface area (Å²) in [5, 5.41) is 7.38. The van der Waals surface area contributed by atoms with E-state index in [9.17, 15) is 0 Å². The van der Waals surface area contributed by atoms with Gasteiger partial charge in [0.2, 0.25) is 0 Å². The molecule has 0 aliphatic carbocycles. The Balaban J connectivity index is 1.52. The number of methoxy groups -OCH3 is 1. The average Bonchev–Trinajstić information content (AvgIpc) is 3.14. The van der Waals surface area contributed by atoms with Crippen molar-refractivity contribution in [3.05, 3.63) is 101 Å². The van der Waals surface area contributed by atoms with E-state index in [1.54, 1.807) is 7.11 Å². The van der Waals surface area contributed by atoms with E-state index in [2.05, 4.69) is 85.9 Å². The summed E-state index contributed by atoms with van der Waals surface area (Å²) < 4.78 is 11.3. The molecule has 33 heavy (non-hydrogen) atoms. The highest BCUT2D eigenvalue weighted by molar-refractivity contribution is 5.99. The molecule has 0 amide bonds. The maximum Gasteiger partial charge on any atom is 0.134 e. The Bertz CT molecular complexity index is 1450. The smallest absolute Gasteiger partial charge is 0.134 e. The van der Waals surface area contributed by atoms with Gasteiger partial charge in [-0.2, -0.15) is 0 Å². The molecule has 0 saturated heterocycles. The molecule has 0 bridgehead atoms. The van der Waals surface area contributed by atoms with Gasteiger partial charge in [-0.15, -0.1) is 0 Å². The van der Waals surface area contributed by atoms with Gasteiger partial charge in [-0.1, -0.05) is 42.5 Å². The molecule has 3 nitrogen and oxygen atoms in total. The van der Waals surface area contributed by atoms with E-state index in [1.165, 1.54) is 44.0 Å². The SMILES string of the molecule is COc1cccc(CNC(C)c2cc(-c3ccc4oc(C)c(C)c4c3)c3ccccc3c2)c1. The second-order valence-corrected chi connectivity index (χ2v) is 8.74. The molecule has 0 spiro atoms. The summed E-state index contributed by atoms with van der Waals surface area (Å²) in [5.41, 5.74) is 7.09. The first-order chi connectivity index (χ1) is 16.0. The van der Waals surface area contributed by atoms with E-state index < -0.39 is 0 Å². The predicted molar refractivity (Wildman–Crippen MR) is 137 cm³/mol. The van der Waals surface area contributed by atoms with Crippen LogP contribution in [0.1, 0.15) is 35.4 Å². The number of nitrogens with one attached hydrogen (secondary N) is 1. The van der Waals surface area contributed by atoms with Gasteiger partial charge in [0.25, 0.3) is 0 Å². The van der Waals surface area contributed by atoms with E-state index in [1.807, 2.05) is 19.1 Å². The number of hydrogen-bond donors (Lipinski definition) is 1. The molecule has 3 heteroatoms. The minimum Gasteiger partial charge on any atom is -0.497 e. The summed E-state index contributed by atoms with van der Waals surface area (Å²) in [6.07, 6.45) is 0. The molecule has 0 radical (unpaired) electrons. The molecule has 0 fully saturated rings. The average molecular weight is 436 g/mol. The van der Waals surface area contributed by atoms with Crippen LogP contribution in [0, 0.1) is 13.8 Å². The van der Waals surface area contributed by atoms with Crippen molar-refractivity contribution in [3.8, 4) is 16.9 Å². The molecule has 166 valence electrons. The van der Waals surface area contributed by atoms with Gasteiger partial charge in [0.15, 0.2) is 0 Å². The van der Waals surface area contributed by atoms with Gasteiger partial charge in [-0.05, 0) is 95.8 Å². The first-order valence-electron chi connectivity index (χ1n) is 11.4. The fourth-order valence-corrected chi connectivity index (χ4v) is 4.50. The maximum absolute atomic E-state index is 5.91. The van der Waals surface area contributed by atoms with Gasteiger partial charge in [-0.3, -0.25) is 0 Å². The molecular formula is C30H29NO2. The predicted octanol–water partition coefficient (Wildman–Crippen LogP) is 7.73. The lowest BCUT2D eigenvalue weighted by Gasteiger charge is -2.18. The highest BCUT2D eigenvalue weighted by Crippen LogP contribution is 2.35. The second kappa shape index (κ2) is 8.76. The van der Waals surface area contributed by atoms with Crippen molar-refractivity contribution in [1.29, 1.82) is 0 Å². The monoisotopic (exact) mass is 435 g/mol. The zero-order valence-corrected chi connectivity index (χ0v) is 19.6. The largest absolute Gasteiger partial charge is 0.497 e. The van der Waals surface area contributed by atoms with Crippen molar-refractivity contribution in [2.24, 2.45) is 0 Å². The van der Waals surface area contributed by atoms with Crippen LogP contribution in [-0.4, -0.2) is 7.11 Å². The number of aryl methyl sites for hydroxylation is 2. The Labute approximate surface area is 195 Å². The number of fused-ring (bicyclic) bond motifs is 2. The standard InChI is InChI=1S/C30H29NO2/c1-19-21(3)33-30-13-12-24(16-28(19)30)29-17-25(15-23-9-5-6-11-27(23)29)20(2)31-18-22-8-7-10-26(14-22)32-4/h5-17,20,31H,18H2,1-4H3. The zero-order chi connectivity index (χ0) is 22.9. The van der Waals surface area contributed by atoms with E-state index in [0.717, 1.165) is 23.6 Å². The Hall–Kier alpha value is -3.56. The molecule has 1 unspecified atom stereocenters. The molecule has 0 aliphatic rings. The first kappa shape index (κ1) is 21.3. The fraction of sp³-hybridized carbons (Fsp3) is 0.200. The third kappa shape index (κ3) is 4.12. The molecule has 4 aromatic carbocycles. The number of rotatable bonds is 6. The van der Waals surface area contributed by atoms with Gasteiger partial charge in [0.1, 0.15) is 17.1 Å². The van der Waals surface area contributed by atoms with Crippen molar-refractivity contribution in [1.82, 2.24) is 5.32 Å². The minimum absolute atomic E-state index is 0.196. The summed E-state index contributed by atoms with van der Waals surface area (Å²) in [4.78, 5) is 0. The lowest BCUT2D eigenvalue weighted by Crippen LogP contribution is -2.18. The Kier molecular flexibility index (Phi) is 5.65. The van der Waals surface area contributed by atoms with Gasteiger partial charge in [-0.25, -0.2) is 0 Å². The molecule has 0 aliphatic heterocycles. The number of ether oxygens (including phenoxy) is 1. The van der Waals surface area contributed by atoms with E-state index in [4.69, 9.17) is 9.15 Å². The topological polar surface area (TPSA) is 34.4 Å². The lowest BCUT2D eigenvalue weighted by atomic mass is 9.92. The number of furan rings is 1. The van der Waals surface area contributed by atoms with Crippen LogP contribution in [-0.2, 0) is 6.54 Å². The van der Waals surface area contributed by atoms with E-state index >= 15 is 0 Å². The minimum atomic E-state index is 0.196. The summed E-state index contributed by atoms with van der Waals surface area (Å²) in [5.74, 6) is 1.87. The van der Waals surface area contributed by atoms with Crippen LogP contribution in [0.2, 0.25) is 0 Å². The van der Waals surface area contributed by atoms with Gasteiger partial charge in [0.05, 0.1) is 7.11 Å². The Morgan fingerprint density at radius 1 is 0.879 bits per heavy atom. The molecule has 1 N–H and O–H groups in total. The van der Waals surface area contributed by atoms with Gasteiger partial charge >= 0.3 is 0 Å². The van der Waals surface area contributed by atoms with Crippen molar-refractivity contribution in [2.45, 2.75) is 33.4 Å². The molecule has 1 aromatic heterocycles. The molecule has 5 aromatic rings. The summed E-state index contributed by atoms with van der Waals surface area (Å²) in [6.45, 7) is 7.16. The Morgan fingerprint density at radius 3 is 2.58 bits per heavy atom. The lowest BCUT2D eigenvalue weighted by molar-refractivity contribution is 0.414. The quantitative estimate of drug-likeness (QED) is 0.296. The molecule has 1 heterocycles. The van der Waals surface area contributed by atoms with Gasteiger partial charge < -0.3 is 14.5 Å². The summed E-state index contributed by atoms with van der Waals surface area (Å²) in [6, 6.07) is 28.2. The second-order valence-electron chi connectivity index (χ2n) is 8.74. The first-order valence-corrected chi connectivity index (χ1v) is 11.4. The van der Waals surface area contributed by atoms with Crippen LogP contribution >= 0.6 is 0 Å². The summed E-state index contributed by atoms with van der Waals surface area (Å²) >= 11 is 0. The fourth-order valence-electron chi connectivity index (χ4n) is 4.50. The van der Waals surface area contributed by atoms with E-state index in [-0.39, 0.29) is 6.04 Å². The number of hydrogen-bond acceptors (Lipinski definition) is 3. The highest BCUT2D eigenvalue weighted by atomic mass is 16.5. The van der Waals surface area contributed by atoms with Crippen LogP contribution in [0.25, 0.3) is 32.9 Å². The van der Waals surface area contributed by atoms with Crippen LogP contribution in [0.5, 0.6) is 5.75 Å². The highest BCUT2D eigenvalue weighted by Gasteiger charge is 2.14. The molecular weight excluding hydrogens is 406 g/mol. The van der Waals surface area contributed by atoms with E-state index in [0.29, 0.717) is 0 Å². The number of benzene rings is 4. The van der Waals surface area contributed by atoms with Crippen LogP contribution in [0.15, 0.2) is 83.3 Å². The van der Waals surface area contributed by atoms with Crippen molar-refractivity contribution in [2.75, 3.05) is 7.11 Å². The van der Waals surface area contributed by atoms with Crippen molar-refractivity contribution >= 4 is 21.7 Å². The molecule has 0 saturated carbocycles. The van der Waals surface area contributed by atoms with Crippen molar-refractivity contribution in [3.63, 3.8) is 0 Å². The third-order valence-corrected chi connectivity index (χ3v) is 6.62. The zero-order valence-electron chi connectivity index (χ0n) is 19.6. The van der Waals surface area contributed by atoms with Crippen LogP contribution < -0.4 is 10.1 Å². The molecule has 5 rings (SSSR count). The normalized spacial score (nSPS) is 12.4.